The molecule has 1 N–H and O–H groups in total. The number of fused-ring (bicyclic) bond motifs is 1. The number of hydrogen-bond donors (Lipinski definition) is 1. The molecular weight excluding hydrogens is 278 g/mol. The first kappa shape index (κ1) is 13.7. The first-order valence-electron chi connectivity index (χ1n) is 5.28. The number of rotatable bonds is 4. The summed E-state index contributed by atoms with van der Waals surface area (Å²) in [6, 6.07) is 0. The Morgan fingerprint density at radius 2 is 2.11 bits per heavy atom. The second-order valence-corrected chi connectivity index (χ2v) is 4.77. The number of carboxylic acids is 1. The fourth-order valence-electron chi connectivity index (χ4n) is 1.73. The molecule has 0 aliphatic heterocycles. The Morgan fingerprint density at radius 3 is 2.68 bits per heavy atom. The van der Waals surface area contributed by atoms with Crippen molar-refractivity contribution < 1.29 is 18.7 Å². The van der Waals surface area contributed by atoms with Gasteiger partial charge in [-0.3, -0.25) is 4.79 Å². The van der Waals surface area contributed by atoms with Gasteiger partial charge in [-0.25, -0.2) is 9.50 Å². The zero-order valence-corrected chi connectivity index (χ0v) is 10.9. The standard InChI is InChI=1S/C10H10F2N4O2S/c1-4-6(3-7(17)18)5(2)16-9(13-4)14-10(15-16)19-8(11)12/h8H,3H2,1-2H3,(H,17,18). The number of carbonyl (C=O) groups is 1. The first-order chi connectivity index (χ1) is 8.88. The summed E-state index contributed by atoms with van der Waals surface area (Å²) in [5.74, 6) is -3.42. The molecule has 0 saturated carbocycles. The molecule has 0 aliphatic rings. The molecule has 6 nitrogen and oxygen atoms in total. The summed E-state index contributed by atoms with van der Waals surface area (Å²) in [5, 5.41) is 12.6. The molecule has 0 fully saturated rings. The van der Waals surface area contributed by atoms with Crippen LogP contribution in [0.1, 0.15) is 17.0 Å². The third-order valence-corrected chi connectivity index (χ3v) is 3.11. The van der Waals surface area contributed by atoms with E-state index in [0.29, 0.717) is 17.0 Å². The van der Waals surface area contributed by atoms with Gasteiger partial charge in [-0.05, 0) is 25.6 Å². The van der Waals surface area contributed by atoms with Crippen LogP contribution in [0.3, 0.4) is 0 Å². The van der Waals surface area contributed by atoms with Gasteiger partial charge >= 0.3 is 5.97 Å². The Kier molecular flexibility index (Phi) is 3.65. The highest BCUT2D eigenvalue weighted by molar-refractivity contribution is 7.99. The molecule has 102 valence electrons. The molecule has 9 heteroatoms. The highest BCUT2D eigenvalue weighted by Gasteiger charge is 2.17. The zero-order chi connectivity index (χ0) is 14.2. The van der Waals surface area contributed by atoms with Crippen molar-refractivity contribution in [3.05, 3.63) is 17.0 Å². The van der Waals surface area contributed by atoms with Gasteiger partial charge in [0.2, 0.25) is 5.16 Å². The summed E-state index contributed by atoms with van der Waals surface area (Å²) >= 11 is 0.226. The molecule has 0 spiro atoms. The van der Waals surface area contributed by atoms with Crippen molar-refractivity contribution in [3.8, 4) is 0 Å². The van der Waals surface area contributed by atoms with E-state index in [-0.39, 0.29) is 29.1 Å². The topological polar surface area (TPSA) is 80.4 Å². The van der Waals surface area contributed by atoms with E-state index in [1.165, 1.54) is 4.52 Å². The van der Waals surface area contributed by atoms with Crippen molar-refractivity contribution in [1.29, 1.82) is 0 Å². The van der Waals surface area contributed by atoms with Gasteiger partial charge in [0.25, 0.3) is 11.5 Å². The Hall–Kier alpha value is -1.77. The van der Waals surface area contributed by atoms with Crippen molar-refractivity contribution in [3.63, 3.8) is 0 Å². The van der Waals surface area contributed by atoms with Crippen LogP contribution in [0.15, 0.2) is 5.16 Å². The summed E-state index contributed by atoms with van der Waals surface area (Å²) in [5.41, 5.74) is 1.56. The van der Waals surface area contributed by atoms with Gasteiger partial charge in [0.1, 0.15) is 0 Å². The van der Waals surface area contributed by atoms with Gasteiger partial charge in [-0.2, -0.15) is 13.8 Å². The molecule has 0 radical (unpaired) electrons. The molecule has 19 heavy (non-hydrogen) atoms. The van der Waals surface area contributed by atoms with E-state index < -0.39 is 11.7 Å². The first-order valence-corrected chi connectivity index (χ1v) is 6.16. The number of aromatic nitrogens is 4. The molecular formula is C10H10F2N4O2S. The lowest BCUT2D eigenvalue weighted by molar-refractivity contribution is -0.136. The maximum absolute atomic E-state index is 12.3. The van der Waals surface area contributed by atoms with Crippen molar-refractivity contribution >= 4 is 23.5 Å². The predicted molar refractivity (Wildman–Crippen MR) is 63.5 cm³/mol. The molecule has 2 aromatic heterocycles. The summed E-state index contributed by atoms with van der Waals surface area (Å²) in [6.45, 7) is 3.31. The average Bonchev–Trinajstić information content (AvgIpc) is 2.65. The summed E-state index contributed by atoms with van der Waals surface area (Å²) in [6.07, 6.45) is -0.197. The number of aryl methyl sites for hydroxylation is 2. The van der Waals surface area contributed by atoms with Crippen molar-refractivity contribution in [2.24, 2.45) is 0 Å². The Balaban J connectivity index is 2.53. The van der Waals surface area contributed by atoms with E-state index >= 15 is 0 Å². The molecule has 0 aromatic carbocycles. The van der Waals surface area contributed by atoms with Crippen molar-refractivity contribution in [2.75, 3.05) is 0 Å². The van der Waals surface area contributed by atoms with Crippen LogP contribution in [0.4, 0.5) is 8.78 Å². The Labute approximate surface area is 110 Å². The molecule has 0 saturated heterocycles. The number of aliphatic carboxylic acids is 1. The maximum Gasteiger partial charge on any atom is 0.307 e. The minimum Gasteiger partial charge on any atom is -0.481 e. The van der Waals surface area contributed by atoms with Crippen LogP contribution in [-0.2, 0) is 11.2 Å². The van der Waals surface area contributed by atoms with Gasteiger partial charge in [0, 0.05) is 17.0 Å². The minimum atomic E-state index is -2.61. The van der Waals surface area contributed by atoms with Crippen molar-refractivity contribution in [2.45, 2.75) is 31.2 Å². The number of halogens is 2. The fourth-order valence-corrected chi connectivity index (χ4v) is 2.15. The van der Waals surface area contributed by atoms with Crippen LogP contribution >= 0.6 is 11.8 Å². The van der Waals surface area contributed by atoms with Gasteiger partial charge in [-0.1, -0.05) is 0 Å². The number of alkyl halides is 2. The lowest BCUT2D eigenvalue weighted by atomic mass is 10.1. The van der Waals surface area contributed by atoms with Crippen LogP contribution in [0.25, 0.3) is 5.78 Å². The van der Waals surface area contributed by atoms with Crippen LogP contribution < -0.4 is 0 Å². The van der Waals surface area contributed by atoms with Gasteiger partial charge in [0.15, 0.2) is 0 Å². The van der Waals surface area contributed by atoms with E-state index in [1.807, 2.05) is 0 Å². The molecule has 2 rings (SSSR count). The average molecular weight is 288 g/mol. The van der Waals surface area contributed by atoms with Gasteiger partial charge in [-0.15, -0.1) is 5.10 Å². The number of nitrogens with zero attached hydrogens (tertiary/aromatic N) is 4. The van der Waals surface area contributed by atoms with Gasteiger partial charge in [0.05, 0.1) is 6.42 Å². The largest absolute Gasteiger partial charge is 0.481 e. The number of hydrogen-bond acceptors (Lipinski definition) is 5. The SMILES string of the molecule is Cc1nc2nc(SC(F)F)nn2c(C)c1CC(=O)O. The predicted octanol–water partition coefficient (Wildman–Crippen LogP) is 1.68. The van der Waals surface area contributed by atoms with E-state index in [1.54, 1.807) is 13.8 Å². The van der Waals surface area contributed by atoms with E-state index in [0.717, 1.165) is 0 Å². The smallest absolute Gasteiger partial charge is 0.307 e. The van der Waals surface area contributed by atoms with Crippen LogP contribution in [0, 0.1) is 13.8 Å². The molecule has 0 atom stereocenters. The zero-order valence-electron chi connectivity index (χ0n) is 10.1. The molecule has 0 bridgehead atoms. The molecule has 2 aromatic rings. The third-order valence-electron chi connectivity index (χ3n) is 2.55. The van der Waals surface area contributed by atoms with E-state index in [4.69, 9.17) is 5.11 Å². The molecule has 0 amide bonds. The molecule has 0 aliphatic carbocycles. The Bertz CT molecular complexity index is 644. The minimum absolute atomic E-state index is 0.0857. The normalized spacial score (nSPS) is 11.4. The third kappa shape index (κ3) is 2.80. The van der Waals surface area contributed by atoms with E-state index in [9.17, 15) is 13.6 Å². The lowest BCUT2D eigenvalue weighted by Gasteiger charge is -2.07. The Morgan fingerprint density at radius 1 is 1.42 bits per heavy atom. The summed E-state index contributed by atoms with van der Waals surface area (Å²) < 4.78 is 25.8. The van der Waals surface area contributed by atoms with Crippen LogP contribution in [0.2, 0.25) is 0 Å². The lowest BCUT2D eigenvalue weighted by Crippen LogP contribution is -2.10. The fraction of sp³-hybridized carbons (Fsp3) is 0.400. The second-order valence-electron chi connectivity index (χ2n) is 3.82. The van der Waals surface area contributed by atoms with Crippen LogP contribution in [-0.4, -0.2) is 36.4 Å². The van der Waals surface area contributed by atoms with Crippen LogP contribution in [0.5, 0.6) is 0 Å². The van der Waals surface area contributed by atoms with Gasteiger partial charge < -0.3 is 5.11 Å². The summed E-state index contributed by atoms with van der Waals surface area (Å²) in [7, 11) is 0. The summed E-state index contributed by atoms with van der Waals surface area (Å²) in [4.78, 5) is 18.7. The second kappa shape index (κ2) is 5.08. The number of carboxylic acid groups (broad SMARTS) is 1. The molecule has 0 unspecified atom stereocenters. The highest BCUT2D eigenvalue weighted by Crippen LogP contribution is 2.23. The highest BCUT2D eigenvalue weighted by atomic mass is 32.2. The van der Waals surface area contributed by atoms with Crippen molar-refractivity contribution in [1.82, 2.24) is 19.6 Å². The number of thioether (sulfide) groups is 1. The monoisotopic (exact) mass is 288 g/mol. The molecule has 2 heterocycles. The quantitative estimate of drug-likeness (QED) is 0.862. The maximum atomic E-state index is 12.3. The van der Waals surface area contributed by atoms with E-state index in [2.05, 4.69) is 15.1 Å².